The second-order valence-electron chi connectivity index (χ2n) is 4.55. The fourth-order valence-electron chi connectivity index (χ4n) is 1.98. The number of methoxy groups -OCH3 is 1. The third-order valence-corrected chi connectivity index (χ3v) is 2.99. The molecule has 3 atom stereocenters. The second kappa shape index (κ2) is 8.08. The van der Waals surface area contributed by atoms with Crippen molar-refractivity contribution in [3.63, 3.8) is 0 Å². The Bertz CT molecular complexity index is 151. The fraction of sp³-hybridized carbons (Fsp3) is 1.00. The van der Waals surface area contributed by atoms with Crippen molar-refractivity contribution in [1.29, 1.82) is 0 Å². The van der Waals surface area contributed by atoms with Crippen LogP contribution in [0.5, 0.6) is 0 Å². The van der Waals surface area contributed by atoms with Gasteiger partial charge in [0.05, 0.1) is 6.61 Å². The zero-order valence-electron chi connectivity index (χ0n) is 11.0. The molecule has 0 bridgehead atoms. The lowest BCUT2D eigenvalue weighted by Gasteiger charge is -2.34. The van der Waals surface area contributed by atoms with Crippen LogP contribution in [0.2, 0.25) is 0 Å². The van der Waals surface area contributed by atoms with Gasteiger partial charge in [0, 0.05) is 31.8 Å². The van der Waals surface area contributed by atoms with E-state index in [1.807, 2.05) is 0 Å². The van der Waals surface area contributed by atoms with Crippen molar-refractivity contribution in [2.75, 3.05) is 20.3 Å². The van der Waals surface area contributed by atoms with Gasteiger partial charge < -0.3 is 10.5 Å². The Hall–Kier alpha value is -0.120. The van der Waals surface area contributed by atoms with Crippen LogP contribution in [0.15, 0.2) is 0 Å². The van der Waals surface area contributed by atoms with Crippen LogP contribution in [0.1, 0.15) is 40.5 Å². The van der Waals surface area contributed by atoms with Crippen LogP contribution in [0.25, 0.3) is 0 Å². The van der Waals surface area contributed by atoms with Gasteiger partial charge in [-0.3, -0.25) is 4.90 Å². The summed E-state index contributed by atoms with van der Waals surface area (Å²) in [5.74, 6) is 0. The molecule has 0 spiro atoms. The predicted octanol–water partition coefficient (Wildman–Crippen LogP) is 1.86. The van der Waals surface area contributed by atoms with Gasteiger partial charge in [-0.25, -0.2) is 0 Å². The minimum atomic E-state index is 0.272. The van der Waals surface area contributed by atoms with E-state index in [2.05, 4.69) is 32.6 Å². The Morgan fingerprint density at radius 3 is 2.20 bits per heavy atom. The van der Waals surface area contributed by atoms with E-state index < -0.39 is 0 Å². The monoisotopic (exact) mass is 216 g/mol. The molecule has 0 aliphatic carbocycles. The predicted molar refractivity (Wildman–Crippen MR) is 66.1 cm³/mol. The van der Waals surface area contributed by atoms with E-state index in [4.69, 9.17) is 10.5 Å². The van der Waals surface area contributed by atoms with Gasteiger partial charge in [0.2, 0.25) is 0 Å². The second-order valence-corrected chi connectivity index (χ2v) is 4.55. The molecule has 0 aromatic carbocycles. The van der Waals surface area contributed by atoms with Gasteiger partial charge >= 0.3 is 0 Å². The van der Waals surface area contributed by atoms with E-state index in [0.29, 0.717) is 12.1 Å². The Kier molecular flexibility index (Phi) is 8.02. The molecular formula is C12H28N2O. The topological polar surface area (TPSA) is 38.5 Å². The third-order valence-electron chi connectivity index (χ3n) is 2.99. The highest BCUT2D eigenvalue weighted by Crippen LogP contribution is 2.12. The molecule has 0 saturated carbocycles. The molecule has 0 aromatic heterocycles. The van der Waals surface area contributed by atoms with Crippen molar-refractivity contribution in [3.05, 3.63) is 0 Å². The maximum atomic E-state index is 5.84. The highest BCUT2D eigenvalue weighted by atomic mass is 16.5. The van der Waals surface area contributed by atoms with E-state index in [1.165, 1.54) is 6.42 Å². The quantitative estimate of drug-likeness (QED) is 0.673. The van der Waals surface area contributed by atoms with Gasteiger partial charge in [-0.1, -0.05) is 6.92 Å². The Morgan fingerprint density at radius 2 is 1.80 bits per heavy atom. The molecule has 0 rings (SSSR count). The minimum Gasteiger partial charge on any atom is -0.383 e. The van der Waals surface area contributed by atoms with Crippen molar-refractivity contribution in [2.45, 2.75) is 58.7 Å². The van der Waals surface area contributed by atoms with E-state index in [9.17, 15) is 0 Å². The molecule has 0 amide bonds. The molecule has 0 saturated heterocycles. The lowest BCUT2D eigenvalue weighted by molar-refractivity contribution is 0.0886. The van der Waals surface area contributed by atoms with Gasteiger partial charge in [0.1, 0.15) is 0 Å². The zero-order chi connectivity index (χ0) is 11.8. The van der Waals surface area contributed by atoms with Crippen molar-refractivity contribution in [2.24, 2.45) is 5.73 Å². The minimum absolute atomic E-state index is 0.272. The first-order chi connectivity index (χ1) is 7.02. The average Bonchev–Trinajstić information content (AvgIpc) is 2.16. The molecule has 0 fully saturated rings. The lowest BCUT2D eigenvalue weighted by atomic mass is 10.1. The number of hydrogen-bond donors (Lipinski definition) is 1. The molecule has 3 heteroatoms. The molecule has 3 nitrogen and oxygen atoms in total. The summed E-state index contributed by atoms with van der Waals surface area (Å²) < 4.78 is 5.15. The summed E-state index contributed by atoms with van der Waals surface area (Å²) in [5, 5.41) is 0. The highest BCUT2D eigenvalue weighted by molar-refractivity contribution is 4.75. The van der Waals surface area contributed by atoms with Gasteiger partial charge in [-0.2, -0.15) is 0 Å². The molecule has 0 aliphatic heterocycles. The molecular weight excluding hydrogens is 188 g/mol. The Balaban J connectivity index is 4.19. The zero-order valence-corrected chi connectivity index (χ0v) is 11.0. The molecule has 15 heavy (non-hydrogen) atoms. The third kappa shape index (κ3) is 6.13. The van der Waals surface area contributed by atoms with Crippen LogP contribution in [0.3, 0.4) is 0 Å². The molecule has 92 valence electrons. The summed E-state index contributed by atoms with van der Waals surface area (Å²) in [6.45, 7) is 10.6. The van der Waals surface area contributed by atoms with Crippen LogP contribution >= 0.6 is 0 Å². The highest BCUT2D eigenvalue weighted by Gasteiger charge is 2.19. The Labute approximate surface area is 95.0 Å². The summed E-state index contributed by atoms with van der Waals surface area (Å²) in [7, 11) is 1.75. The molecule has 0 radical (unpaired) electrons. The average molecular weight is 216 g/mol. The number of ether oxygens (including phenoxy) is 1. The van der Waals surface area contributed by atoms with Crippen LogP contribution < -0.4 is 5.73 Å². The standard InChI is InChI=1S/C12H28N2O/c1-6-11(3)14(7-8-15-5)12(4)9-10(2)13/h10-12H,6-9,13H2,1-5H3. The first-order valence-electron chi connectivity index (χ1n) is 6.03. The molecule has 0 aliphatic rings. The van der Waals surface area contributed by atoms with Crippen LogP contribution in [-0.2, 0) is 4.74 Å². The van der Waals surface area contributed by atoms with E-state index in [1.54, 1.807) is 7.11 Å². The van der Waals surface area contributed by atoms with Crippen LogP contribution in [-0.4, -0.2) is 43.3 Å². The molecule has 2 N–H and O–H groups in total. The summed E-state index contributed by atoms with van der Waals surface area (Å²) in [6, 6.07) is 1.41. The van der Waals surface area contributed by atoms with Gasteiger partial charge in [-0.15, -0.1) is 0 Å². The summed E-state index contributed by atoms with van der Waals surface area (Å²) in [4.78, 5) is 2.49. The summed E-state index contributed by atoms with van der Waals surface area (Å²) >= 11 is 0. The largest absolute Gasteiger partial charge is 0.383 e. The lowest BCUT2D eigenvalue weighted by Crippen LogP contribution is -2.44. The maximum Gasteiger partial charge on any atom is 0.0589 e. The van der Waals surface area contributed by atoms with E-state index >= 15 is 0 Å². The van der Waals surface area contributed by atoms with Crippen molar-refractivity contribution in [1.82, 2.24) is 4.90 Å². The SMILES string of the molecule is CCC(C)N(CCOC)C(C)CC(C)N. The van der Waals surface area contributed by atoms with E-state index in [0.717, 1.165) is 19.6 Å². The number of rotatable bonds is 8. The summed E-state index contributed by atoms with van der Waals surface area (Å²) in [6.07, 6.45) is 2.22. The van der Waals surface area contributed by atoms with Gasteiger partial charge in [0.15, 0.2) is 0 Å². The van der Waals surface area contributed by atoms with E-state index in [-0.39, 0.29) is 6.04 Å². The number of hydrogen-bond acceptors (Lipinski definition) is 3. The van der Waals surface area contributed by atoms with Crippen molar-refractivity contribution >= 4 is 0 Å². The van der Waals surface area contributed by atoms with Crippen molar-refractivity contribution < 1.29 is 4.74 Å². The smallest absolute Gasteiger partial charge is 0.0589 e. The Morgan fingerprint density at radius 1 is 1.20 bits per heavy atom. The normalized spacial score (nSPS) is 17.8. The van der Waals surface area contributed by atoms with Crippen LogP contribution in [0, 0.1) is 0 Å². The molecule has 0 heterocycles. The van der Waals surface area contributed by atoms with Gasteiger partial charge in [-0.05, 0) is 33.6 Å². The molecule has 3 unspecified atom stereocenters. The first-order valence-corrected chi connectivity index (χ1v) is 6.03. The van der Waals surface area contributed by atoms with Crippen LogP contribution in [0.4, 0.5) is 0 Å². The number of nitrogens with zero attached hydrogens (tertiary/aromatic N) is 1. The maximum absolute atomic E-state index is 5.84. The number of nitrogens with two attached hydrogens (primary N) is 1. The van der Waals surface area contributed by atoms with Gasteiger partial charge in [0.25, 0.3) is 0 Å². The molecule has 0 aromatic rings. The van der Waals surface area contributed by atoms with Crippen molar-refractivity contribution in [3.8, 4) is 0 Å². The summed E-state index contributed by atoms with van der Waals surface area (Å²) in [5.41, 5.74) is 5.84. The fourth-order valence-corrected chi connectivity index (χ4v) is 1.98. The first kappa shape index (κ1) is 14.9.